The van der Waals surface area contributed by atoms with E-state index in [1.807, 2.05) is 6.92 Å². The van der Waals surface area contributed by atoms with Crippen molar-refractivity contribution in [3.05, 3.63) is 62.6 Å². The third-order valence-electron chi connectivity index (χ3n) is 5.68. The summed E-state index contributed by atoms with van der Waals surface area (Å²) in [4.78, 5) is 27.0. The number of aliphatic hydroxyl groups excluding tert-OH is 1. The van der Waals surface area contributed by atoms with Gasteiger partial charge in [0.15, 0.2) is 11.4 Å². The molecule has 0 bridgehead atoms. The molecule has 4 rings (SSSR count). The lowest BCUT2D eigenvalue weighted by Gasteiger charge is -2.34. The van der Waals surface area contributed by atoms with Crippen molar-refractivity contribution in [2.45, 2.75) is 38.6 Å². The summed E-state index contributed by atoms with van der Waals surface area (Å²) in [5.41, 5.74) is -0.291. The second-order valence-electron chi connectivity index (χ2n) is 7.31. The topological polar surface area (TPSA) is 94.8 Å². The summed E-state index contributed by atoms with van der Waals surface area (Å²) in [6.07, 6.45) is -0.341. The molecule has 0 saturated heterocycles. The van der Waals surface area contributed by atoms with Crippen LogP contribution < -0.4 is 10.7 Å². The number of hydrogen-bond acceptors (Lipinski definition) is 5. The van der Waals surface area contributed by atoms with E-state index in [0.717, 1.165) is 12.1 Å². The van der Waals surface area contributed by atoms with Gasteiger partial charge in [-0.05, 0) is 25.8 Å². The molecule has 0 radical (unpaired) electrons. The Morgan fingerprint density at radius 1 is 1.31 bits per heavy atom. The molecule has 29 heavy (non-hydrogen) atoms. The van der Waals surface area contributed by atoms with E-state index in [2.05, 4.69) is 5.32 Å². The fraction of sp³-hybridized carbons (Fsp3) is 0.400. The third-order valence-corrected chi connectivity index (χ3v) is 5.68. The van der Waals surface area contributed by atoms with Crippen LogP contribution in [0.3, 0.4) is 0 Å². The van der Waals surface area contributed by atoms with Crippen LogP contribution in [0.15, 0.2) is 23.0 Å². The molecule has 2 atom stereocenters. The van der Waals surface area contributed by atoms with Gasteiger partial charge in [0.1, 0.15) is 17.9 Å². The van der Waals surface area contributed by atoms with Crippen molar-refractivity contribution in [3.8, 4) is 5.75 Å². The van der Waals surface area contributed by atoms with Crippen molar-refractivity contribution >= 4 is 5.91 Å². The molecule has 1 aromatic carbocycles. The molecule has 2 aromatic rings. The first kappa shape index (κ1) is 19.5. The minimum Gasteiger partial charge on any atom is -0.503 e. The number of nitrogens with one attached hydrogen (secondary N) is 1. The Labute approximate surface area is 165 Å². The van der Waals surface area contributed by atoms with Crippen LogP contribution in [0.5, 0.6) is 5.75 Å². The summed E-state index contributed by atoms with van der Waals surface area (Å²) in [5, 5.41) is 23.7. The number of aromatic nitrogens is 1. The van der Waals surface area contributed by atoms with Crippen LogP contribution in [0.4, 0.5) is 8.78 Å². The quantitative estimate of drug-likeness (QED) is 0.657. The molecule has 3 heterocycles. The zero-order valence-corrected chi connectivity index (χ0v) is 15.8. The summed E-state index contributed by atoms with van der Waals surface area (Å²) in [6.45, 7) is 2.62. The number of pyridine rings is 1. The summed E-state index contributed by atoms with van der Waals surface area (Å²) >= 11 is 0. The fourth-order valence-electron chi connectivity index (χ4n) is 4.23. The highest BCUT2D eigenvalue weighted by molar-refractivity contribution is 5.96. The second-order valence-corrected chi connectivity index (χ2v) is 7.31. The van der Waals surface area contributed by atoms with Crippen LogP contribution in [0.25, 0.3) is 0 Å². The first-order chi connectivity index (χ1) is 13.8. The van der Waals surface area contributed by atoms with E-state index in [9.17, 15) is 28.6 Å². The maximum Gasteiger partial charge on any atom is 0.274 e. The predicted octanol–water partition coefficient (Wildman–Crippen LogP) is 1.58. The van der Waals surface area contributed by atoms with E-state index in [4.69, 9.17) is 0 Å². The molecule has 0 aliphatic carbocycles. The first-order valence-corrected chi connectivity index (χ1v) is 9.48. The number of carbonyl (C=O) groups excluding carboxylic acids is 1. The van der Waals surface area contributed by atoms with Gasteiger partial charge < -0.3 is 19.7 Å². The average molecular weight is 405 g/mol. The lowest BCUT2D eigenvalue weighted by atomic mass is 10.1. The molecule has 0 spiro atoms. The van der Waals surface area contributed by atoms with Crippen molar-refractivity contribution in [1.29, 1.82) is 0 Å². The number of rotatable bonds is 5. The van der Waals surface area contributed by atoms with Gasteiger partial charge in [-0.3, -0.25) is 14.9 Å². The van der Waals surface area contributed by atoms with Gasteiger partial charge in [0.05, 0.1) is 11.6 Å². The summed E-state index contributed by atoms with van der Waals surface area (Å²) < 4.78 is 28.5. The molecular weight excluding hydrogens is 384 g/mol. The number of amides is 1. The molecule has 0 saturated carbocycles. The van der Waals surface area contributed by atoms with Gasteiger partial charge in [0, 0.05) is 37.0 Å². The number of halogens is 2. The summed E-state index contributed by atoms with van der Waals surface area (Å²) in [6, 6.07) is 3.00. The van der Waals surface area contributed by atoms with Gasteiger partial charge >= 0.3 is 0 Å². The molecule has 9 heteroatoms. The Bertz CT molecular complexity index is 1050. The highest BCUT2D eigenvalue weighted by atomic mass is 19.1. The standard InChI is InChI=1S/C20H21F2N3O4/c1-2-24-9-12-5-6-14-15(17(26)18(27)16(20(24)29)25(12)14)19(28)23-8-10-3-4-11(21)7-13(10)22/h3-4,7,12,19,23,27-28H,2,5-6,8-9H2,1H3. The van der Waals surface area contributed by atoms with E-state index in [1.165, 1.54) is 6.07 Å². The molecule has 2 aliphatic heterocycles. The van der Waals surface area contributed by atoms with Gasteiger partial charge in [0.2, 0.25) is 5.43 Å². The molecule has 7 nitrogen and oxygen atoms in total. The lowest BCUT2D eigenvalue weighted by Crippen LogP contribution is -2.44. The van der Waals surface area contributed by atoms with Crippen molar-refractivity contribution in [2.75, 3.05) is 13.1 Å². The van der Waals surface area contributed by atoms with Crippen molar-refractivity contribution in [3.63, 3.8) is 0 Å². The number of benzene rings is 1. The average Bonchev–Trinajstić information content (AvgIpc) is 3.09. The number of nitrogens with zero attached hydrogens (tertiary/aromatic N) is 2. The largest absolute Gasteiger partial charge is 0.503 e. The number of carbonyl (C=O) groups is 1. The molecule has 1 amide bonds. The fourth-order valence-corrected chi connectivity index (χ4v) is 4.23. The molecule has 0 fully saturated rings. The van der Waals surface area contributed by atoms with Gasteiger partial charge in [-0.1, -0.05) is 6.07 Å². The SMILES string of the molecule is CCN1CC2CCc3c(C(O)NCc4ccc(F)cc4F)c(=O)c(O)c(n32)C1=O. The third kappa shape index (κ3) is 3.10. The molecule has 1 aromatic heterocycles. The Balaban J connectivity index is 1.70. The lowest BCUT2D eigenvalue weighted by molar-refractivity contribution is 0.0674. The maximum absolute atomic E-state index is 13.8. The second kappa shape index (κ2) is 7.23. The van der Waals surface area contributed by atoms with Crippen LogP contribution >= 0.6 is 0 Å². The first-order valence-electron chi connectivity index (χ1n) is 9.48. The van der Waals surface area contributed by atoms with E-state index < -0.39 is 34.9 Å². The van der Waals surface area contributed by atoms with E-state index in [0.29, 0.717) is 31.6 Å². The van der Waals surface area contributed by atoms with Crippen LogP contribution in [0.1, 0.15) is 52.9 Å². The van der Waals surface area contributed by atoms with Gasteiger partial charge in [-0.2, -0.15) is 0 Å². The zero-order valence-electron chi connectivity index (χ0n) is 15.8. The summed E-state index contributed by atoms with van der Waals surface area (Å²) in [5.74, 6) is -2.59. The number of aromatic hydroxyl groups is 1. The van der Waals surface area contributed by atoms with E-state index >= 15 is 0 Å². The van der Waals surface area contributed by atoms with Gasteiger partial charge in [0.25, 0.3) is 5.91 Å². The van der Waals surface area contributed by atoms with Crippen LogP contribution in [-0.4, -0.2) is 38.7 Å². The summed E-state index contributed by atoms with van der Waals surface area (Å²) in [7, 11) is 0. The van der Waals surface area contributed by atoms with E-state index in [1.54, 1.807) is 9.47 Å². The Morgan fingerprint density at radius 2 is 2.07 bits per heavy atom. The normalized spacial score (nSPS) is 18.8. The highest BCUT2D eigenvalue weighted by Gasteiger charge is 2.40. The van der Waals surface area contributed by atoms with Crippen molar-refractivity contribution in [1.82, 2.24) is 14.8 Å². The van der Waals surface area contributed by atoms with Crippen molar-refractivity contribution < 1.29 is 23.8 Å². The number of hydrogen-bond donors (Lipinski definition) is 3. The van der Waals surface area contributed by atoms with Crippen LogP contribution in [0.2, 0.25) is 0 Å². The predicted molar refractivity (Wildman–Crippen MR) is 99.5 cm³/mol. The Morgan fingerprint density at radius 3 is 2.76 bits per heavy atom. The zero-order chi connectivity index (χ0) is 20.9. The number of likely N-dealkylation sites (N-methyl/N-ethyl adjacent to an activating group) is 1. The molecule has 2 aliphatic rings. The van der Waals surface area contributed by atoms with E-state index in [-0.39, 0.29) is 29.4 Å². The monoisotopic (exact) mass is 405 g/mol. The minimum absolute atomic E-state index is 0.0406. The van der Waals surface area contributed by atoms with Gasteiger partial charge in [-0.25, -0.2) is 8.78 Å². The molecule has 2 unspecified atom stereocenters. The minimum atomic E-state index is -1.48. The Hall–Kier alpha value is -2.78. The van der Waals surface area contributed by atoms with Crippen LogP contribution in [0, 0.1) is 11.6 Å². The highest BCUT2D eigenvalue weighted by Crippen LogP contribution is 2.37. The molecule has 154 valence electrons. The molecular formula is C20H21F2N3O4. The number of aliphatic hydroxyl groups is 1. The smallest absolute Gasteiger partial charge is 0.274 e. The van der Waals surface area contributed by atoms with Crippen molar-refractivity contribution in [2.24, 2.45) is 0 Å². The van der Waals surface area contributed by atoms with Gasteiger partial charge in [-0.15, -0.1) is 0 Å². The molecule has 3 N–H and O–H groups in total. The van der Waals surface area contributed by atoms with Crippen LogP contribution in [-0.2, 0) is 13.0 Å². The Kier molecular flexibility index (Phi) is 4.87. The maximum atomic E-state index is 13.8.